The average molecular weight is 307 g/mol. The molecule has 0 radical (unpaired) electrons. The summed E-state index contributed by atoms with van der Waals surface area (Å²) in [6.07, 6.45) is 2.76. The van der Waals surface area contributed by atoms with Gasteiger partial charge in [-0.25, -0.2) is 0 Å². The summed E-state index contributed by atoms with van der Waals surface area (Å²) in [5.41, 5.74) is 1.07. The van der Waals surface area contributed by atoms with Crippen molar-refractivity contribution in [3.63, 3.8) is 0 Å². The largest absolute Gasteiger partial charge is 0.495 e. The Morgan fingerprint density at radius 3 is 2.95 bits per heavy atom. The van der Waals surface area contributed by atoms with Gasteiger partial charge in [-0.2, -0.15) is 0 Å². The van der Waals surface area contributed by atoms with Gasteiger partial charge in [0.05, 0.1) is 18.5 Å². The number of hydrogen-bond donors (Lipinski definition) is 1. The Morgan fingerprint density at radius 1 is 1.43 bits per heavy atom. The van der Waals surface area contributed by atoms with Crippen LogP contribution >= 0.6 is 11.6 Å². The maximum atomic E-state index is 12.0. The average Bonchev–Trinajstić information content (AvgIpc) is 2.93. The summed E-state index contributed by atoms with van der Waals surface area (Å²) in [4.78, 5) is 22.8. The molecule has 0 unspecified atom stereocenters. The van der Waals surface area contributed by atoms with Crippen molar-refractivity contribution in [3.8, 4) is 5.75 Å². The van der Waals surface area contributed by atoms with Crippen molar-refractivity contribution in [2.45, 2.75) is 13.0 Å². The molecule has 0 aliphatic rings. The van der Waals surface area contributed by atoms with E-state index >= 15 is 0 Å². The van der Waals surface area contributed by atoms with Crippen molar-refractivity contribution in [1.82, 2.24) is 4.57 Å². The number of hydrogen-bond acceptors (Lipinski definition) is 3. The maximum Gasteiger partial charge on any atom is 0.226 e. The van der Waals surface area contributed by atoms with E-state index in [0.29, 0.717) is 28.7 Å². The second kappa shape index (κ2) is 6.95. The molecule has 1 heterocycles. The number of rotatable bonds is 6. The third-order valence-corrected chi connectivity index (χ3v) is 3.24. The lowest BCUT2D eigenvalue weighted by molar-refractivity contribution is -0.116. The van der Waals surface area contributed by atoms with Crippen LogP contribution < -0.4 is 10.1 Å². The topological polar surface area (TPSA) is 60.3 Å². The quantitative estimate of drug-likeness (QED) is 0.835. The molecule has 0 aliphatic carbocycles. The second-order valence-electron chi connectivity index (χ2n) is 4.39. The number of methoxy groups -OCH3 is 1. The maximum absolute atomic E-state index is 12.0. The van der Waals surface area contributed by atoms with Crippen LogP contribution in [0.2, 0.25) is 5.02 Å². The van der Waals surface area contributed by atoms with E-state index in [2.05, 4.69) is 5.32 Å². The minimum Gasteiger partial charge on any atom is -0.495 e. The zero-order chi connectivity index (χ0) is 15.2. The van der Waals surface area contributed by atoms with Crippen LogP contribution in [0.5, 0.6) is 5.75 Å². The molecule has 0 aliphatic heterocycles. The van der Waals surface area contributed by atoms with Gasteiger partial charge < -0.3 is 14.6 Å². The van der Waals surface area contributed by atoms with Crippen LogP contribution in [-0.2, 0) is 11.3 Å². The van der Waals surface area contributed by atoms with Gasteiger partial charge in [0.2, 0.25) is 5.91 Å². The number of aryl methyl sites for hydroxylation is 1. The number of halogens is 1. The van der Waals surface area contributed by atoms with Gasteiger partial charge in [0.1, 0.15) is 5.75 Å². The van der Waals surface area contributed by atoms with E-state index in [4.69, 9.17) is 16.3 Å². The van der Waals surface area contributed by atoms with Gasteiger partial charge in [0.25, 0.3) is 0 Å². The van der Waals surface area contributed by atoms with E-state index in [0.717, 1.165) is 6.29 Å². The number of nitrogens with zero attached hydrogens (tertiary/aromatic N) is 1. The summed E-state index contributed by atoms with van der Waals surface area (Å²) in [5, 5.41) is 3.27. The molecule has 0 spiro atoms. The van der Waals surface area contributed by atoms with Crippen LogP contribution in [0.4, 0.5) is 5.69 Å². The van der Waals surface area contributed by atoms with E-state index in [1.807, 2.05) is 0 Å². The molecule has 0 fully saturated rings. The lowest BCUT2D eigenvalue weighted by Crippen LogP contribution is -2.15. The first-order valence-corrected chi connectivity index (χ1v) is 6.75. The van der Waals surface area contributed by atoms with Crippen LogP contribution in [0.25, 0.3) is 0 Å². The van der Waals surface area contributed by atoms with Crippen molar-refractivity contribution in [1.29, 1.82) is 0 Å². The molecule has 0 bridgehead atoms. The van der Waals surface area contributed by atoms with Crippen LogP contribution in [0.1, 0.15) is 16.9 Å². The fraction of sp³-hybridized carbons (Fsp3) is 0.200. The predicted molar refractivity (Wildman–Crippen MR) is 81.1 cm³/mol. The number of nitrogens with one attached hydrogen (secondary N) is 1. The fourth-order valence-electron chi connectivity index (χ4n) is 1.95. The van der Waals surface area contributed by atoms with Crippen LogP contribution in [0.15, 0.2) is 36.5 Å². The normalized spacial score (nSPS) is 10.2. The number of aldehydes is 1. The fourth-order valence-corrected chi connectivity index (χ4v) is 2.12. The van der Waals surface area contributed by atoms with Crippen LogP contribution in [0.3, 0.4) is 0 Å². The minimum absolute atomic E-state index is 0.180. The zero-order valence-corrected chi connectivity index (χ0v) is 12.3. The Kier molecular flexibility index (Phi) is 5.00. The predicted octanol–water partition coefficient (Wildman–Crippen LogP) is 2.99. The highest BCUT2D eigenvalue weighted by Crippen LogP contribution is 2.27. The Hall–Kier alpha value is -2.27. The van der Waals surface area contributed by atoms with Gasteiger partial charge >= 0.3 is 0 Å². The van der Waals surface area contributed by atoms with Gasteiger partial charge in [-0.15, -0.1) is 0 Å². The van der Waals surface area contributed by atoms with Gasteiger partial charge in [-0.1, -0.05) is 11.6 Å². The van der Waals surface area contributed by atoms with Crippen molar-refractivity contribution >= 4 is 29.5 Å². The smallest absolute Gasteiger partial charge is 0.226 e. The number of carbonyl (C=O) groups is 2. The third-order valence-electron chi connectivity index (χ3n) is 3.00. The van der Waals surface area contributed by atoms with E-state index in [-0.39, 0.29) is 12.3 Å². The number of carbonyl (C=O) groups excluding carboxylic acids is 2. The highest BCUT2D eigenvalue weighted by Gasteiger charge is 2.09. The van der Waals surface area contributed by atoms with Crippen molar-refractivity contribution in [2.75, 3.05) is 12.4 Å². The molecule has 1 amide bonds. The summed E-state index contributed by atoms with van der Waals surface area (Å²) in [6, 6.07) is 8.47. The molecule has 0 saturated carbocycles. The highest BCUT2D eigenvalue weighted by molar-refractivity contribution is 6.31. The molecular formula is C15H15ClN2O3. The number of aromatic nitrogens is 1. The van der Waals surface area contributed by atoms with Gasteiger partial charge in [-0.3, -0.25) is 9.59 Å². The summed E-state index contributed by atoms with van der Waals surface area (Å²) in [6.45, 7) is 0.426. The molecule has 0 saturated heterocycles. The molecule has 1 aromatic carbocycles. The SMILES string of the molecule is COc1ccc(Cl)cc1NC(=O)CCn1cccc1C=O. The van der Waals surface area contributed by atoms with Gasteiger partial charge in [0.15, 0.2) is 6.29 Å². The van der Waals surface area contributed by atoms with Crippen molar-refractivity contribution in [3.05, 3.63) is 47.2 Å². The number of benzene rings is 1. The second-order valence-corrected chi connectivity index (χ2v) is 4.82. The minimum atomic E-state index is -0.180. The molecular weight excluding hydrogens is 292 g/mol. The van der Waals surface area contributed by atoms with Crippen LogP contribution in [0, 0.1) is 0 Å². The van der Waals surface area contributed by atoms with Crippen LogP contribution in [-0.4, -0.2) is 23.9 Å². The van der Waals surface area contributed by atoms with Gasteiger partial charge in [0, 0.05) is 24.2 Å². The molecule has 1 aromatic heterocycles. The summed E-state index contributed by atoms with van der Waals surface area (Å²) >= 11 is 5.91. The Balaban J connectivity index is 1.99. The molecule has 110 valence electrons. The standard InChI is InChI=1S/C15H15ClN2O3/c1-21-14-5-4-11(16)9-13(14)17-15(20)6-8-18-7-2-3-12(18)10-19/h2-5,7,9-10H,6,8H2,1H3,(H,17,20). The lowest BCUT2D eigenvalue weighted by Gasteiger charge is -2.11. The van der Waals surface area contributed by atoms with Crippen molar-refractivity contribution in [2.24, 2.45) is 0 Å². The zero-order valence-electron chi connectivity index (χ0n) is 11.5. The first-order valence-electron chi connectivity index (χ1n) is 6.37. The number of ether oxygens (including phenoxy) is 1. The molecule has 2 aromatic rings. The van der Waals surface area contributed by atoms with E-state index < -0.39 is 0 Å². The molecule has 1 N–H and O–H groups in total. The molecule has 0 atom stereocenters. The summed E-state index contributed by atoms with van der Waals surface area (Å²) in [5.74, 6) is 0.364. The highest BCUT2D eigenvalue weighted by atomic mass is 35.5. The molecule has 5 nitrogen and oxygen atoms in total. The van der Waals surface area contributed by atoms with E-state index in [9.17, 15) is 9.59 Å². The Morgan fingerprint density at radius 2 is 2.24 bits per heavy atom. The lowest BCUT2D eigenvalue weighted by atomic mass is 10.2. The monoisotopic (exact) mass is 306 g/mol. The Labute approximate surface area is 127 Å². The first-order chi connectivity index (χ1) is 10.1. The Bertz CT molecular complexity index is 652. The molecule has 6 heteroatoms. The third kappa shape index (κ3) is 3.86. The number of anilines is 1. The first kappa shape index (κ1) is 15.1. The summed E-state index contributed by atoms with van der Waals surface area (Å²) < 4.78 is 6.89. The van der Waals surface area contributed by atoms with E-state index in [1.165, 1.54) is 7.11 Å². The molecule has 21 heavy (non-hydrogen) atoms. The van der Waals surface area contributed by atoms with Gasteiger partial charge in [-0.05, 0) is 30.3 Å². The molecule has 2 rings (SSSR count). The van der Waals surface area contributed by atoms with Crippen molar-refractivity contribution < 1.29 is 14.3 Å². The van der Waals surface area contributed by atoms with E-state index in [1.54, 1.807) is 41.1 Å². The summed E-state index contributed by atoms with van der Waals surface area (Å²) in [7, 11) is 1.52. The number of amides is 1.